The number of Topliss-reactive ketones (excluding diaryl/α,β-unsaturated/α-hetero) is 1. The number of carbonyl (C=O) groups excluding carboxylic acids is 1. The fourth-order valence-corrected chi connectivity index (χ4v) is 1.26. The summed E-state index contributed by atoms with van der Waals surface area (Å²) in [6.45, 7) is 1.84. The molecular formula is C8H8BrNO. The van der Waals surface area contributed by atoms with E-state index in [4.69, 9.17) is 0 Å². The normalized spacial score (nSPS) is 9.64. The van der Waals surface area contributed by atoms with Gasteiger partial charge in [0.05, 0.1) is 0 Å². The minimum Gasteiger partial charge on any atom is -0.294 e. The van der Waals surface area contributed by atoms with Crippen molar-refractivity contribution in [2.24, 2.45) is 0 Å². The van der Waals surface area contributed by atoms with Crippen LogP contribution in [0.5, 0.6) is 0 Å². The summed E-state index contributed by atoms with van der Waals surface area (Å²) in [5, 5.41) is 0. The number of hydrogen-bond acceptors (Lipinski definition) is 2. The molecule has 0 radical (unpaired) electrons. The lowest BCUT2D eigenvalue weighted by Crippen LogP contribution is -1.97. The van der Waals surface area contributed by atoms with Gasteiger partial charge in [-0.2, -0.15) is 0 Å². The van der Waals surface area contributed by atoms with Crippen LogP contribution >= 0.6 is 15.9 Å². The highest BCUT2D eigenvalue weighted by atomic mass is 79.9. The zero-order chi connectivity index (χ0) is 8.27. The maximum Gasteiger partial charge on any atom is 0.163 e. The van der Waals surface area contributed by atoms with Gasteiger partial charge in [-0.3, -0.25) is 9.78 Å². The second-order valence-corrected chi connectivity index (χ2v) is 2.99. The maximum atomic E-state index is 11.2. The monoisotopic (exact) mass is 213 g/mol. The van der Waals surface area contributed by atoms with Crippen molar-refractivity contribution in [3.63, 3.8) is 0 Å². The van der Waals surface area contributed by atoms with E-state index in [2.05, 4.69) is 20.9 Å². The topological polar surface area (TPSA) is 30.0 Å². The predicted molar refractivity (Wildman–Crippen MR) is 46.6 cm³/mol. The summed E-state index contributed by atoms with van der Waals surface area (Å²) in [5.41, 5.74) is 0.711. The van der Waals surface area contributed by atoms with E-state index < -0.39 is 0 Å². The van der Waals surface area contributed by atoms with Gasteiger partial charge in [0.15, 0.2) is 5.78 Å². The van der Waals surface area contributed by atoms with Crippen molar-refractivity contribution in [3.05, 3.63) is 28.5 Å². The number of pyridine rings is 1. The van der Waals surface area contributed by atoms with E-state index in [0.29, 0.717) is 12.0 Å². The van der Waals surface area contributed by atoms with Gasteiger partial charge in [-0.15, -0.1) is 0 Å². The number of ketones is 1. The van der Waals surface area contributed by atoms with Crippen LogP contribution in [-0.4, -0.2) is 10.8 Å². The van der Waals surface area contributed by atoms with Crippen LogP contribution < -0.4 is 0 Å². The average molecular weight is 214 g/mol. The third-order valence-electron chi connectivity index (χ3n) is 1.39. The van der Waals surface area contributed by atoms with Crippen molar-refractivity contribution >= 4 is 21.7 Å². The molecule has 1 aromatic rings. The van der Waals surface area contributed by atoms with Crippen molar-refractivity contribution in [2.75, 3.05) is 0 Å². The van der Waals surface area contributed by atoms with E-state index in [9.17, 15) is 4.79 Å². The molecule has 0 aliphatic rings. The predicted octanol–water partition coefficient (Wildman–Crippen LogP) is 2.44. The zero-order valence-electron chi connectivity index (χ0n) is 6.17. The van der Waals surface area contributed by atoms with Crippen LogP contribution in [0.25, 0.3) is 0 Å². The number of nitrogens with zero attached hydrogens (tertiary/aromatic N) is 1. The smallest absolute Gasteiger partial charge is 0.163 e. The fraction of sp³-hybridized carbons (Fsp3) is 0.250. The average Bonchev–Trinajstić information content (AvgIpc) is 2.04. The molecule has 2 nitrogen and oxygen atoms in total. The Labute approximate surface area is 73.8 Å². The van der Waals surface area contributed by atoms with Crippen LogP contribution in [0.1, 0.15) is 23.7 Å². The van der Waals surface area contributed by atoms with Crippen molar-refractivity contribution in [3.8, 4) is 0 Å². The molecule has 58 valence electrons. The molecule has 0 fully saturated rings. The number of rotatable bonds is 2. The second-order valence-electron chi connectivity index (χ2n) is 2.13. The van der Waals surface area contributed by atoms with Gasteiger partial charge in [0.2, 0.25) is 0 Å². The van der Waals surface area contributed by atoms with Gasteiger partial charge < -0.3 is 0 Å². The standard InChI is InChI=1S/C8H8BrNO/c1-2-8(11)6-3-4-10-5-7(6)9/h3-5H,2H2,1H3. The molecule has 0 bridgehead atoms. The summed E-state index contributed by atoms with van der Waals surface area (Å²) in [6, 6.07) is 1.72. The van der Waals surface area contributed by atoms with Gasteiger partial charge in [0.1, 0.15) is 0 Å². The summed E-state index contributed by atoms with van der Waals surface area (Å²) in [5.74, 6) is 0.138. The number of aromatic nitrogens is 1. The van der Waals surface area contributed by atoms with Crippen molar-refractivity contribution < 1.29 is 4.79 Å². The van der Waals surface area contributed by atoms with Crippen LogP contribution in [0, 0.1) is 0 Å². The highest BCUT2D eigenvalue weighted by Crippen LogP contribution is 2.15. The van der Waals surface area contributed by atoms with Crippen LogP contribution in [0.2, 0.25) is 0 Å². The minimum atomic E-state index is 0.138. The number of hydrogen-bond donors (Lipinski definition) is 0. The van der Waals surface area contributed by atoms with Crippen LogP contribution in [0.15, 0.2) is 22.9 Å². The van der Waals surface area contributed by atoms with E-state index in [0.717, 1.165) is 4.47 Å². The summed E-state index contributed by atoms with van der Waals surface area (Å²) in [6.07, 6.45) is 3.78. The van der Waals surface area contributed by atoms with E-state index in [1.807, 2.05) is 6.92 Å². The fourth-order valence-electron chi connectivity index (χ4n) is 0.792. The molecule has 0 saturated carbocycles. The van der Waals surface area contributed by atoms with E-state index in [1.165, 1.54) is 0 Å². The number of halogens is 1. The van der Waals surface area contributed by atoms with E-state index >= 15 is 0 Å². The van der Waals surface area contributed by atoms with Crippen LogP contribution in [-0.2, 0) is 0 Å². The molecule has 0 unspecified atom stereocenters. The van der Waals surface area contributed by atoms with Gasteiger partial charge in [0, 0.05) is 28.9 Å². The molecule has 0 atom stereocenters. The third kappa shape index (κ3) is 1.87. The van der Waals surface area contributed by atoms with Gasteiger partial charge in [-0.25, -0.2) is 0 Å². The summed E-state index contributed by atoms with van der Waals surface area (Å²) in [4.78, 5) is 15.0. The summed E-state index contributed by atoms with van der Waals surface area (Å²) in [7, 11) is 0. The molecule has 0 aliphatic carbocycles. The van der Waals surface area contributed by atoms with Crippen molar-refractivity contribution in [2.45, 2.75) is 13.3 Å². The van der Waals surface area contributed by atoms with E-state index in [-0.39, 0.29) is 5.78 Å². The van der Waals surface area contributed by atoms with Gasteiger partial charge >= 0.3 is 0 Å². The van der Waals surface area contributed by atoms with Gasteiger partial charge in [-0.05, 0) is 22.0 Å². The first-order chi connectivity index (χ1) is 5.25. The lowest BCUT2D eigenvalue weighted by molar-refractivity contribution is 0.0987. The molecule has 0 saturated heterocycles. The van der Waals surface area contributed by atoms with E-state index in [1.54, 1.807) is 18.5 Å². The van der Waals surface area contributed by atoms with Crippen molar-refractivity contribution in [1.82, 2.24) is 4.98 Å². The second kappa shape index (κ2) is 3.62. The van der Waals surface area contributed by atoms with Crippen LogP contribution in [0.4, 0.5) is 0 Å². The molecule has 0 N–H and O–H groups in total. The lowest BCUT2D eigenvalue weighted by atomic mass is 10.1. The molecule has 3 heteroatoms. The first-order valence-corrected chi connectivity index (χ1v) is 4.17. The number of carbonyl (C=O) groups is 1. The molecule has 11 heavy (non-hydrogen) atoms. The Morgan fingerprint density at radius 1 is 1.73 bits per heavy atom. The Hall–Kier alpha value is -0.700. The zero-order valence-corrected chi connectivity index (χ0v) is 7.76. The third-order valence-corrected chi connectivity index (χ3v) is 2.03. The molecule has 0 aliphatic heterocycles. The quantitative estimate of drug-likeness (QED) is 0.707. The molecule has 0 spiro atoms. The highest BCUT2D eigenvalue weighted by molar-refractivity contribution is 9.10. The Morgan fingerprint density at radius 3 is 3.00 bits per heavy atom. The van der Waals surface area contributed by atoms with Gasteiger partial charge in [0.25, 0.3) is 0 Å². The van der Waals surface area contributed by atoms with Gasteiger partial charge in [-0.1, -0.05) is 6.92 Å². The van der Waals surface area contributed by atoms with Crippen molar-refractivity contribution in [1.29, 1.82) is 0 Å². The first-order valence-electron chi connectivity index (χ1n) is 3.38. The molecule has 1 heterocycles. The molecular weight excluding hydrogens is 206 g/mol. The molecule has 1 aromatic heterocycles. The highest BCUT2D eigenvalue weighted by Gasteiger charge is 2.05. The lowest BCUT2D eigenvalue weighted by Gasteiger charge is -1.98. The Balaban J connectivity index is 3.03. The molecule has 1 rings (SSSR count). The maximum absolute atomic E-state index is 11.2. The Bertz CT molecular complexity index is 273. The molecule has 0 aromatic carbocycles. The largest absolute Gasteiger partial charge is 0.294 e. The summed E-state index contributed by atoms with van der Waals surface area (Å²) < 4.78 is 0.770. The minimum absolute atomic E-state index is 0.138. The Kier molecular flexibility index (Phi) is 2.76. The van der Waals surface area contributed by atoms with Crippen LogP contribution in [0.3, 0.4) is 0 Å². The summed E-state index contributed by atoms with van der Waals surface area (Å²) >= 11 is 3.25. The molecule has 0 amide bonds. The SMILES string of the molecule is CCC(=O)c1ccncc1Br. The first kappa shape index (κ1) is 8.40. The Morgan fingerprint density at radius 2 is 2.45 bits per heavy atom.